The highest BCUT2D eigenvalue weighted by Gasteiger charge is 2.19. The van der Waals surface area contributed by atoms with Gasteiger partial charge >= 0.3 is 0 Å². The van der Waals surface area contributed by atoms with Gasteiger partial charge in [-0.25, -0.2) is 0 Å². The SMILES string of the molecule is O=C1COc2ccc(C(Br)c3ccccc3Br)cc2N1. The van der Waals surface area contributed by atoms with Crippen LogP contribution < -0.4 is 10.1 Å². The van der Waals surface area contributed by atoms with E-state index in [9.17, 15) is 4.79 Å². The first-order valence-electron chi connectivity index (χ1n) is 6.10. The lowest BCUT2D eigenvalue weighted by molar-refractivity contribution is -0.118. The van der Waals surface area contributed by atoms with Crippen LogP contribution in [0.2, 0.25) is 0 Å². The van der Waals surface area contributed by atoms with Crippen molar-refractivity contribution in [2.45, 2.75) is 4.83 Å². The Morgan fingerprint density at radius 1 is 1.20 bits per heavy atom. The average molecular weight is 397 g/mol. The molecular weight excluding hydrogens is 386 g/mol. The maximum Gasteiger partial charge on any atom is 0.262 e. The molecule has 1 N–H and O–H groups in total. The fraction of sp³-hybridized carbons (Fsp3) is 0.133. The number of hydrogen-bond donors (Lipinski definition) is 1. The summed E-state index contributed by atoms with van der Waals surface area (Å²) >= 11 is 7.26. The van der Waals surface area contributed by atoms with Crippen LogP contribution in [0, 0.1) is 0 Å². The first kappa shape index (κ1) is 13.6. The van der Waals surface area contributed by atoms with Gasteiger partial charge in [0.05, 0.1) is 10.5 Å². The molecule has 1 aliphatic heterocycles. The summed E-state index contributed by atoms with van der Waals surface area (Å²) in [6, 6.07) is 13.9. The molecule has 0 fully saturated rings. The molecule has 0 radical (unpaired) electrons. The molecule has 5 heteroatoms. The molecule has 0 saturated heterocycles. The Balaban J connectivity index is 1.97. The standard InChI is InChI=1S/C15H11Br2NO2/c16-11-4-2-1-3-10(11)15(17)9-5-6-13-12(7-9)18-14(19)8-20-13/h1-7,15H,8H2,(H,18,19). The van der Waals surface area contributed by atoms with Crippen molar-refractivity contribution in [3.63, 3.8) is 0 Å². The molecule has 20 heavy (non-hydrogen) atoms. The first-order valence-corrected chi connectivity index (χ1v) is 7.81. The third-order valence-corrected chi connectivity index (χ3v) is 4.85. The van der Waals surface area contributed by atoms with Crippen molar-refractivity contribution < 1.29 is 9.53 Å². The quantitative estimate of drug-likeness (QED) is 0.770. The van der Waals surface area contributed by atoms with Gasteiger partial charge in [0.15, 0.2) is 6.61 Å². The molecule has 1 amide bonds. The van der Waals surface area contributed by atoms with Crippen molar-refractivity contribution in [2.24, 2.45) is 0 Å². The number of rotatable bonds is 2. The van der Waals surface area contributed by atoms with Crippen LogP contribution in [0.1, 0.15) is 16.0 Å². The number of ether oxygens (including phenoxy) is 1. The third-order valence-electron chi connectivity index (χ3n) is 3.11. The van der Waals surface area contributed by atoms with Crippen LogP contribution in [0.25, 0.3) is 0 Å². The summed E-state index contributed by atoms with van der Waals surface area (Å²) in [6.07, 6.45) is 0. The zero-order chi connectivity index (χ0) is 14.1. The lowest BCUT2D eigenvalue weighted by Crippen LogP contribution is -2.25. The average Bonchev–Trinajstić information content (AvgIpc) is 2.46. The number of amides is 1. The van der Waals surface area contributed by atoms with E-state index in [0.29, 0.717) is 5.75 Å². The fourth-order valence-corrected chi connectivity index (χ4v) is 3.62. The Hall–Kier alpha value is -1.33. The number of benzene rings is 2. The minimum Gasteiger partial charge on any atom is -0.482 e. The molecule has 2 aromatic rings. The largest absolute Gasteiger partial charge is 0.482 e. The van der Waals surface area contributed by atoms with Gasteiger partial charge in [-0.2, -0.15) is 0 Å². The highest BCUT2D eigenvalue weighted by atomic mass is 79.9. The minimum atomic E-state index is -0.123. The third kappa shape index (κ3) is 2.60. The summed E-state index contributed by atoms with van der Waals surface area (Å²) in [4.78, 5) is 11.4. The second kappa shape index (κ2) is 5.58. The van der Waals surface area contributed by atoms with E-state index in [1.807, 2.05) is 36.4 Å². The number of carbonyl (C=O) groups is 1. The molecule has 1 atom stereocenters. The fourth-order valence-electron chi connectivity index (χ4n) is 2.12. The summed E-state index contributed by atoms with van der Waals surface area (Å²) in [5.74, 6) is 0.585. The second-order valence-electron chi connectivity index (χ2n) is 4.48. The van der Waals surface area contributed by atoms with Gasteiger partial charge in [-0.15, -0.1) is 0 Å². The predicted octanol–water partition coefficient (Wildman–Crippen LogP) is 4.26. The first-order chi connectivity index (χ1) is 9.65. The molecule has 1 unspecified atom stereocenters. The molecule has 3 nitrogen and oxygen atoms in total. The van der Waals surface area contributed by atoms with Crippen LogP contribution >= 0.6 is 31.9 Å². The Kier molecular flexibility index (Phi) is 3.81. The zero-order valence-corrected chi connectivity index (χ0v) is 13.6. The number of fused-ring (bicyclic) bond motifs is 1. The lowest BCUT2D eigenvalue weighted by atomic mass is 10.0. The topological polar surface area (TPSA) is 38.3 Å². The van der Waals surface area contributed by atoms with Crippen LogP contribution in [0.4, 0.5) is 5.69 Å². The minimum absolute atomic E-state index is 0.0437. The molecule has 102 valence electrons. The van der Waals surface area contributed by atoms with E-state index in [1.54, 1.807) is 0 Å². The van der Waals surface area contributed by atoms with Gasteiger partial charge in [-0.1, -0.05) is 56.1 Å². The Morgan fingerprint density at radius 2 is 2.00 bits per heavy atom. The molecular formula is C15H11Br2NO2. The summed E-state index contributed by atoms with van der Waals surface area (Å²) < 4.78 is 6.40. The predicted molar refractivity (Wildman–Crippen MR) is 85.5 cm³/mol. The number of halogens is 2. The van der Waals surface area contributed by atoms with Crippen molar-refractivity contribution in [3.8, 4) is 5.75 Å². The van der Waals surface area contributed by atoms with Crippen molar-refractivity contribution in [2.75, 3.05) is 11.9 Å². The van der Waals surface area contributed by atoms with Crippen molar-refractivity contribution in [1.29, 1.82) is 0 Å². The van der Waals surface area contributed by atoms with Gasteiger partial charge < -0.3 is 10.1 Å². The molecule has 2 aromatic carbocycles. The second-order valence-corrected chi connectivity index (χ2v) is 6.25. The molecule has 0 bridgehead atoms. The molecule has 0 aromatic heterocycles. The number of carbonyl (C=O) groups excluding carboxylic acids is 1. The normalized spacial score (nSPS) is 15.0. The van der Waals surface area contributed by atoms with Gasteiger partial charge in [0.25, 0.3) is 5.91 Å². The summed E-state index contributed by atoms with van der Waals surface area (Å²) in [5.41, 5.74) is 2.91. The molecule has 3 rings (SSSR count). The van der Waals surface area contributed by atoms with Gasteiger partial charge in [0, 0.05) is 4.47 Å². The van der Waals surface area contributed by atoms with Gasteiger partial charge in [0.1, 0.15) is 5.75 Å². The summed E-state index contributed by atoms with van der Waals surface area (Å²) in [6.45, 7) is 0.0777. The van der Waals surface area contributed by atoms with E-state index in [-0.39, 0.29) is 17.3 Å². The zero-order valence-electron chi connectivity index (χ0n) is 10.4. The Labute approximate surface area is 133 Å². The van der Waals surface area contributed by atoms with E-state index in [2.05, 4.69) is 43.2 Å². The lowest BCUT2D eigenvalue weighted by Gasteiger charge is -2.20. The molecule has 0 aliphatic carbocycles. The maximum absolute atomic E-state index is 11.4. The van der Waals surface area contributed by atoms with Crippen LogP contribution in [-0.2, 0) is 4.79 Å². The molecule has 0 spiro atoms. The Morgan fingerprint density at radius 3 is 2.80 bits per heavy atom. The van der Waals surface area contributed by atoms with Crippen molar-refractivity contribution >= 4 is 43.5 Å². The Bertz CT molecular complexity index is 673. The van der Waals surface area contributed by atoms with E-state index >= 15 is 0 Å². The summed E-state index contributed by atoms with van der Waals surface area (Å²) in [5, 5.41) is 2.82. The van der Waals surface area contributed by atoms with E-state index in [1.165, 1.54) is 0 Å². The monoisotopic (exact) mass is 395 g/mol. The van der Waals surface area contributed by atoms with E-state index in [0.717, 1.165) is 21.3 Å². The van der Waals surface area contributed by atoms with Crippen LogP contribution in [0.3, 0.4) is 0 Å². The highest BCUT2D eigenvalue weighted by molar-refractivity contribution is 9.11. The number of alkyl halides is 1. The van der Waals surface area contributed by atoms with Crippen LogP contribution in [0.5, 0.6) is 5.75 Å². The smallest absolute Gasteiger partial charge is 0.262 e. The number of anilines is 1. The molecule has 1 heterocycles. The van der Waals surface area contributed by atoms with Gasteiger partial charge in [-0.3, -0.25) is 4.79 Å². The van der Waals surface area contributed by atoms with Crippen molar-refractivity contribution in [3.05, 3.63) is 58.1 Å². The van der Waals surface area contributed by atoms with Gasteiger partial charge in [0.2, 0.25) is 0 Å². The number of nitrogens with one attached hydrogen (secondary N) is 1. The van der Waals surface area contributed by atoms with E-state index in [4.69, 9.17) is 4.74 Å². The summed E-state index contributed by atoms with van der Waals surface area (Å²) in [7, 11) is 0. The van der Waals surface area contributed by atoms with Crippen LogP contribution in [-0.4, -0.2) is 12.5 Å². The molecule has 0 saturated carbocycles. The van der Waals surface area contributed by atoms with E-state index < -0.39 is 0 Å². The van der Waals surface area contributed by atoms with Crippen LogP contribution in [0.15, 0.2) is 46.9 Å². The maximum atomic E-state index is 11.4. The molecule has 1 aliphatic rings. The number of hydrogen-bond acceptors (Lipinski definition) is 2. The van der Waals surface area contributed by atoms with Gasteiger partial charge in [-0.05, 0) is 29.3 Å². The van der Waals surface area contributed by atoms with Crippen molar-refractivity contribution in [1.82, 2.24) is 0 Å². The highest BCUT2D eigenvalue weighted by Crippen LogP contribution is 2.38.